The molecule has 0 amide bonds. The quantitative estimate of drug-likeness (QED) is 0.0768. The van der Waals surface area contributed by atoms with E-state index in [-0.39, 0.29) is 0 Å². The van der Waals surface area contributed by atoms with Crippen LogP contribution in [0.4, 0.5) is 0 Å². The summed E-state index contributed by atoms with van der Waals surface area (Å²) in [5, 5.41) is 15.3. The van der Waals surface area contributed by atoms with E-state index in [2.05, 4.69) is 243 Å². The van der Waals surface area contributed by atoms with E-state index in [4.69, 9.17) is 0 Å². The number of fused-ring (bicyclic) bond motifs is 4. The predicted molar refractivity (Wildman–Crippen MR) is 277 cm³/mol. The Labute approximate surface area is 388 Å². The minimum atomic E-state index is -2.47. The van der Waals surface area contributed by atoms with Crippen LogP contribution < -0.4 is 15.9 Å². The fourth-order valence-electron chi connectivity index (χ4n) is 10.3. The Morgan fingerprint density at radius 3 is 1.19 bits per heavy atom. The molecular formula is C62H49OsP+. The number of hydrogen-bond donors (Lipinski definition) is 0. The fourth-order valence-corrected chi connectivity index (χ4v) is 16.1. The van der Waals surface area contributed by atoms with Gasteiger partial charge in [-0.3, -0.25) is 0 Å². The molecule has 0 radical (unpaired) electrons. The van der Waals surface area contributed by atoms with Crippen LogP contribution >= 0.6 is 7.26 Å². The summed E-state index contributed by atoms with van der Waals surface area (Å²) in [5.74, 6) is 0. The first-order valence-electron chi connectivity index (χ1n) is 22.4. The average molecular weight is 1020 g/mol. The minimum absolute atomic E-state index is 1.07. The van der Waals surface area contributed by atoms with Crippen molar-refractivity contribution in [3.63, 3.8) is 0 Å². The molecule has 0 aromatic heterocycles. The zero-order valence-corrected chi connectivity index (χ0v) is 39.7. The zero-order valence-electron chi connectivity index (χ0n) is 36.3. The van der Waals surface area contributed by atoms with Crippen molar-refractivity contribution in [2.45, 2.75) is 33.1 Å². The van der Waals surface area contributed by atoms with Crippen molar-refractivity contribution in [3.8, 4) is 15.5 Å². The van der Waals surface area contributed by atoms with Crippen molar-refractivity contribution in [1.29, 1.82) is 0 Å². The molecule has 0 bridgehead atoms. The van der Waals surface area contributed by atoms with Crippen LogP contribution in [0, 0.1) is 4.37 Å². The predicted octanol–water partition coefficient (Wildman–Crippen LogP) is 15.8. The van der Waals surface area contributed by atoms with Crippen molar-refractivity contribution < 1.29 is 17.9 Å². The van der Waals surface area contributed by atoms with Crippen LogP contribution in [0.25, 0.3) is 66.4 Å². The fraction of sp³-hybridized carbons (Fsp3) is 0.0806. The van der Waals surface area contributed by atoms with Crippen LogP contribution in [-0.4, -0.2) is 0 Å². The number of hydrogen-bond acceptors (Lipinski definition) is 0. The van der Waals surface area contributed by atoms with Gasteiger partial charge in [0.25, 0.3) is 0 Å². The van der Waals surface area contributed by atoms with Crippen molar-refractivity contribution >= 4 is 78.4 Å². The van der Waals surface area contributed by atoms with E-state index in [0.29, 0.717) is 0 Å². The van der Waals surface area contributed by atoms with Crippen LogP contribution in [0.3, 0.4) is 0 Å². The van der Waals surface area contributed by atoms with Crippen molar-refractivity contribution in [2.75, 3.05) is 0 Å². The number of rotatable bonds is 9. The Balaban J connectivity index is 1.31. The molecule has 64 heavy (non-hydrogen) atoms. The molecule has 0 atom stereocenters. The second kappa shape index (κ2) is 18.3. The summed E-state index contributed by atoms with van der Waals surface area (Å²) in [7, 11) is -2.47. The molecule has 0 heterocycles. The van der Waals surface area contributed by atoms with Crippen LogP contribution in [-0.2, 0) is 17.9 Å². The Hall–Kier alpha value is -6.43. The van der Waals surface area contributed by atoms with Gasteiger partial charge in [0.2, 0.25) is 0 Å². The first kappa shape index (κ1) is 41.6. The summed E-state index contributed by atoms with van der Waals surface area (Å²) in [6.07, 6.45) is 17.5. The molecule has 9 aromatic rings. The van der Waals surface area contributed by atoms with E-state index < -0.39 is 7.26 Å². The molecule has 0 unspecified atom stereocenters. The van der Waals surface area contributed by atoms with Gasteiger partial charge in [0.05, 0.1) is 0 Å². The van der Waals surface area contributed by atoms with Gasteiger partial charge in [0.15, 0.2) is 0 Å². The number of allylic oxidation sites excluding steroid dienone is 8. The summed E-state index contributed by atoms with van der Waals surface area (Å²) in [5.41, 5.74) is 9.15. The second-order valence-corrected chi connectivity index (χ2v) is 20.5. The maximum atomic E-state index is 3.97. The van der Waals surface area contributed by atoms with Crippen LogP contribution in [0.1, 0.15) is 44.2 Å². The molecule has 1 saturated carbocycles. The molecule has 0 aliphatic heterocycles. The summed E-state index contributed by atoms with van der Waals surface area (Å²) in [6.45, 7) is 4.31. The monoisotopic (exact) mass is 1020 g/mol. The van der Waals surface area contributed by atoms with Gasteiger partial charge in [0.1, 0.15) is 0 Å². The second-order valence-electron chi connectivity index (χ2n) is 16.5. The summed E-state index contributed by atoms with van der Waals surface area (Å²) in [4.78, 5) is 0. The molecule has 0 nitrogen and oxygen atoms in total. The molecule has 0 saturated heterocycles. The van der Waals surface area contributed by atoms with Gasteiger partial charge in [-0.2, -0.15) is 0 Å². The van der Waals surface area contributed by atoms with Gasteiger partial charge in [-0.25, -0.2) is 0 Å². The normalized spacial score (nSPS) is 15.0. The molecule has 0 spiro atoms. The summed E-state index contributed by atoms with van der Waals surface area (Å²) in [6, 6.07) is 69.8. The Morgan fingerprint density at radius 1 is 0.453 bits per heavy atom. The SMILES string of the molecule is CC=C1CCCC1=CC(/C=C/c1c2ccccc2c(-c2c3ccccc3c(/C=C/C)c3ccccc23)c2ccccc12)=C([C]#[Os])[P+](c1ccccc1)(c1ccccc1)c1ccccc1. The topological polar surface area (TPSA) is 0 Å². The Kier molecular flexibility index (Phi) is 11.9. The first-order chi connectivity index (χ1) is 31.7. The van der Waals surface area contributed by atoms with E-state index in [9.17, 15) is 0 Å². The van der Waals surface area contributed by atoms with Gasteiger partial charge in [-0.05, 0) is 12.5 Å². The summed E-state index contributed by atoms with van der Waals surface area (Å²) >= 11 is 1.86. The van der Waals surface area contributed by atoms with Crippen LogP contribution in [0.15, 0.2) is 234 Å². The zero-order chi connectivity index (χ0) is 43.5. The van der Waals surface area contributed by atoms with Gasteiger partial charge in [-0.15, -0.1) is 0 Å². The standard InChI is InChI=1S/C62H49P.Os/c1-4-24-51-52-33-15-19-37-57(52)61(58-38-20-16-34-53(51)58)62-59-39-21-17-35-54(59)56(55-36-18-22-40-60(55)62)42-41-46(43-47-26-23-25-45(47)5-2)44(3)63(48-27-9-6-10-28-48,49-29-11-7-12-30-49)50-31-13-8-14-32-50;/h4-22,24,27-43H,23,25-26H2,1-2H3;/q+1;/b24-4+,42-41+,45-5?,46-44?,47-43?;. The summed E-state index contributed by atoms with van der Waals surface area (Å²) < 4.78 is 3.97. The molecule has 309 valence electrons. The van der Waals surface area contributed by atoms with Crippen molar-refractivity contribution in [2.24, 2.45) is 0 Å². The molecule has 1 aliphatic carbocycles. The molecular weight excluding hydrogens is 966 g/mol. The third-order valence-electron chi connectivity index (χ3n) is 13.1. The first-order valence-corrected chi connectivity index (χ1v) is 25.4. The van der Waals surface area contributed by atoms with Crippen LogP contribution in [0.2, 0.25) is 0 Å². The van der Waals surface area contributed by atoms with Gasteiger partial charge >= 0.3 is 329 Å². The molecule has 1 aliphatic rings. The molecule has 9 aromatic carbocycles. The van der Waals surface area contributed by atoms with E-state index >= 15 is 0 Å². The van der Waals surface area contributed by atoms with Gasteiger partial charge in [-0.1, -0.05) is 48.6 Å². The van der Waals surface area contributed by atoms with Gasteiger partial charge in [0, 0.05) is 0 Å². The maximum absolute atomic E-state index is 3.97. The molecule has 0 N–H and O–H groups in total. The third-order valence-corrected chi connectivity index (χ3v) is 18.5. The number of benzene rings is 9. The van der Waals surface area contributed by atoms with E-state index in [0.717, 1.165) is 12.8 Å². The average Bonchev–Trinajstić information content (AvgIpc) is 3.82. The van der Waals surface area contributed by atoms with Crippen molar-refractivity contribution in [1.82, 2.24) is 0 Å². The Morgan fingerprint density at radius 2 is 0.812 bits per heavy atom. The van der Waals surface area contributed by atoms with E-state index in [1.54, 1.807) is 0 Å². The van der Waals surface area contributed by atoms with E-state index in [1.807, 2.05) is 17.9 Å². The third kappa shape index (κ3) is 7.20. The molecule has 10 rings (SSSR count). The van der Waals surface area contributed by atoms with E-state index in [1.165, 1.54) is 110 Å². The van der Waals surface area contributed by atoms with Crippen LogP contribution in [0.5, 0.6) is 0 Å². The van der Waals surface area contributed by atoms with Crippen molar-refractivity contribution in [3.05, 3.63) is 246 Å². The van der Waals surface area contributed by atoms with Gasteiger partial charge < -0.3 is 0 Å². The molecule has 1 fully saturated rings. The Bertz CT molecular complexity index is 3210. The molecule has 2 heteroatoms.